The van der Waals surface area contributed by atoms with Gasteiger partial charge in [-0.15, -0.1) is 12.3 Å². The molecule has 0 rings (SSSR count). The van der Waals surface area contributed by atoms with Gasteiger partial charge in [0.2, 0.25) is 0 Å². The Morgan fingerprint density at radius 1 is 0.889 bits per heavy atom. The lowest BCUT2D eigenvalue weighted by atomic mass is 10.5. The average Bonchev–Trinajstić information content (AvgIpc) is 2.34. The van der Waals surface area contributed by atoms with Crippen molar-refractivity contribution >= 4 is 5.97 Å². The van der Waals surface area contributed by atoms with E-state index in [1.54, 1.807) is 0 Å². The summed E-state index contributed by atoms with van der Waals surface area (Å²) in [7, 11) is 0. The van der Waals surface area contributed by atoms with E-state index >= 15 is 0 Å². The first-order chi connectivity index (χ1) is 8.77. The van der Waals surface area contributed by atoms with Crippen molar-refractivity contribution in [2.45, 2.75) is 6.42 Å². The van der Waals surface area contributed by atoms with E-state index in [1.165, 1.54) is 0 Å². The molecule has 0 amide bonds. The number of aliphatic carboxylic acids is 1. The third-order valence-corrected chi connectivity index (χ3v) is 1.73. The molecule has 0 aromatic rings. The number of hydrogen-bond acceptors (Lipinski definition) is 5. The molecule has 0 bridgehead atoms. The van der Waals surface area contributed by atoms with Gasteiger partial charge in [-0.25, -0.2) is 4.79 Å². The topological polar surface area (TPSA) is 74.2 Å². The van der Waals surface area contributed by atoms with Gasteiger partial charge in [0.25, 0.3) is 0 Å². The maximum absolute atomic E-state index is 10.1. The predicted molar refractivity (Wildman–Crippen MR) is 64.4 cm³/mol. The summed E-state index contributed by atoms with van der Waals surface area (Å²) in [6.07, 6.45) is 5.67. The second kappa shape index (κ2) is 13.9. The predicted octanol–water partition coefficient (Wildman–Crippen LogP) is 0.161. The Hall–Kier alpha value is -1.13. The molecule has 104 valence electrons. The zero-order valence-electron chi connectivity index (χ0n) is 10.4. The van der Waals surface area contributed by atoms with Crippen LogP contribution in [-0.4, -0.2) is 63.9 Å². The molecule has 0 aromatic carbocycles. The van der Waals surface area contributed by atoms with Gasteiger partial charge >= 0.3 is 5.97 Å². The molecule has 0 heterocycles. The third kappa shape index (κ3) is 14.9. The number of carbonyl (C=O) groups is 1. The molecule has 0 spiro atoms. The summed E-state index contributed by atoms with van der Waals surface area (Å²) >= 11 is 0. The fraction of sp³-hybridized carbons (Fsp3) is 0.750. The van der Waals surface area contributed by atoms with Gasteiger partial charge in [-0.2, -0.15) is 0 Å². The van der Waals surface area contributed by atoms with E-state index in [2.05, 4.69) is 5.92 Å². The van der Waals surface area contributed by atoms with Crippen molar-refractivity contribution < 1.29 is 28.8 Å². The smallest absolute Gasteiger partial charge is 0.329 e. The highest BCUT2D eigenvalue weighted by Gasteiger charge is 1.95. The maximum atomic E-state index is 10.1. The number of hydrogen-bond donors (Lipinski definition) is 1. The van der Waals surface area contributed by atoms with E-state index in [-0.39, 0.29) is 13.2 Å². The molecule has 0 radical (unpaired) electrons. The van der Waals surface area contributed by atoms with Crippen LogP contribution in [0.4, 0.5) is 0 Å². The van der Waals surface area contributed by atoms with E-state index < -0.39 is 5.97 Å². The summed E-state index contributed by atoms with van der Waals surface area (Å²) < 4.78 is 20.3. The van der Waals surface area contributed by atoms with Crippen LogP contribution in [0.25, 0.3) is 0 Å². The van der Waals surface area contributed by atoms with Gasteiger partial charge in [-0.05, 0) is 0 Å². The zero-order chi connectivity index (χ0) is 13.5. The fourth-order valence-electron chi connectivity index (χ4n) is 0.950. The lowest BCUT2D eigenvalue weighted by Gasteiger charge is -2.06. The molecule has 0 unspecified atom stereocenters. The lowest BCUT2D eigenvalue weighted by molar-refractivity contribution is -0.142. The molecule has 1 N–H and O–H groups in total. The molecule has 18 heavy (non-hydrogen) atoms. The number of ether oxygens (including phenoxy) is 4. The first-order valence-corrected chi connectivity index (χ1v) is 5.73. The summed E-state index contributed by atoms with van der Waals surface area (Å²) in [5, 5.41) is 8.28. The highest BCUT2D eigenvalue weighted by atomic mass is 16.6. The molecule has 0 saturated heterocycles. The van der Waals surface area contributed by atoms with Crippen LogP contribution in [-0.2, 0) is 23.7 Å². The summed E-state index contributed by atoms with van der Waals surface area (Å²) in [4.78, 5) is 10.1. The monoisotopic (exact) mass is 260 g/mol. The Kier molecular flexibility index (Phi) is 13.1. The van der Waals surface area contributed by atoms with E-state index in [0.717, 1.165) is 0 Å². The van der Waals surface area contributed by atoms with Crippen LogP contribution >= 0.6 is 0 Å². The third-order valence-electron chi connectivity index (χ3n) is 1.73. The number of rotatable bonds is 13. The molecule has 6 nitrogen and oxygen atoms in total. The summed E-state index contributed by atoms with van der Waals surface area (Å²) in [5.41, 5.74) is 0. The Bertz CT molecular complexity index is 235. The Labute approximate surface area is 107 Å². The molecule has 0 aliphatic carbocycles. The van der Waals surface area contributed by atoms with E-state index in [4.69, 9.17) is 30.5 Å². The van der Waals surface area contributed by atoms with Gasteiger partial charge in [0.1, 0.15) is 6.61 Å². The van der Waals surface area contributed by atoms with Crippen LogP contribution in [0.2, 0.25) is 0 Å². The summed E-state index contributed by atoms with van der Waals surface area (Å²) in [6.45, 7) is 2.81. The standard InChI is InChI=1S/C12H20O6/c1-2-3-4-15-5-6-16-7-8-17-9-10-18-11-12(13)14/h1H,3-11H2,(H,13,14). The Morgan fingerprint density at radius 2 is 1.33 bits per heavy atom. The van der Waals surface area contributed by atoms with Gasteiger partial charge in [0.05, 0.1) is 46.2 Å². The molecule has 0 atom stereocenters. The van der Waals surface area contributed by atoms with E-state index in [0.29, 0.717) is 46.1 Å². The van der Waals surface area contributed by atoms with Crippen LogP contribution in [0.15, 0.2) is 0 Å². The van der Waals surface area contributed by atoms with Crippen molar-refractivity contribution in [2.24, 2.45) is 0 Å². The van der Waals surface area contributed by atoms with Crippen molar-refractivity contribution in [1.82, 2.24) is 0 Å². The quantitative estimate of drug-likeness (QED) is 0.375. The zero-order valence-corrected chi connectivity index (χ0v) is 10.4. The summed E-state index contributed by atoms with van der Waals surface area (Å²) in [5.74, 6) is 1.49. The van der Waals surface area contributed by atoms with Crippen molar-refractivity contribution in [3.05, 3.63) is 0 Å². The Balaban J connectivity index is 2.95. The molecule has 0 aromatic heterocycles. The van der Waals surface area contributed by atoms with Gasteiger partial charge in [-0.1, -0.05) is 0 Å². The molecule has 0 aliphatic heterocycles. The van der Waals surface area contributed by atoms with Crippen molar-refractivity contribution in [2.75, 3.05) is 52.9 Å². The van der Waals surface area contributed by atoms with Gasteiger partial charge in [0, 0.05) is 6.42 Å². The molecule has 6 heteroatoms. The van der Waals surface area contributed by atoms with Gasteiger partial charge in [0.15, 0.2) is 0 Å². The van der Waals surface area contributed by atoms with Gasteiger partial charge < -0.3 is 24.1 Å². The minimum atomic E-state index is -0.983. The Morgan fingerprint density at radius 3 is 1.78 bits per heavy atom. The van der Waals surface area contributed by atoms with Crippen LogP contribution in [0.5, 0.6) is 0 Å². The molecule has 0 fully saturated rings. The molecule has 0 aliphatic rings. The van der Waals surface area contributed by atoms with Crippen molar-refractivity contribution in [1.29, 1.82) is 0 Å². The maximum Gasteiger partial charge on any atom is 0.329 e. The summed E-state index contributed by atoms with van der Waals surface area (Å²) in [6, 6.07) is 0. The van der Waals surface area contributed by atoms with Crippen LogP contribution in [0.1, 0.15) is 6.42 Å². The van der Waals surface area contributed by atoms with Crippen molar-refractivity contribution in [3.63, 3.8) is 0 Å². The van der Waals surface area contributed by atoms with Crippen LogP contribution in [0.3, 0.4) is 0 Å². The fourth-order valence-corrected chi connectivity index (χ4v) is 0.950. The largest absolute Gasteiger partial charge is 0.480 e. The van der Waals surface area contributed by atoms with Crippen molar-refractivity contribution in [3.8, 4) is 12.3 Å². The second-order valence-electron chi connectivity index (χ2n) is 3.24. The number of terminal acetylenes is 1. The second-order valence-corrected chi connectivity index (χ2v) is 3.24. The van der Waals surface area contributed by atoms with Crippen LogP contribution < -0.4 is 0 Å². The number of carboxylic acid groups (broad SMARTS) is 1. The van der Waals surface area contributed by atoms with Crippen LogP contribution in [0, 0.1) is 12.3 Å². The SMILES string of the molecule is C#CCCOCCOCCOCCOCC(=O)O. The van der Waals surface area contributed by atoms with Gasteiger partial charge in [-0.3, -0.25) is 0 Å². The lowest BCUT2D eigenvalue weighted by Crippen LogP contribution is -2.14. The normalized spacial score (nSPS) is 10.2. The molecular formula is C12H20O6. The first-order valence-electron chi connectivity index (χ1n) is 5.73. The first kappa shape index (κ1) is 16.9. The molecule has 0 saturated carbocycles. The average molecular weight is 260 g/mol. The van der Waals surface area contributed by atoms with E-state index in [9.17, 15) is 4.79 Å². The van der Waals surface area contributed by atoms with E-state index in [1.807, 2.05) is 0 Å². The highest BCUT2D eigenvalue weighted by molar-refractivity contribution is 5.67. The highest BCUT2D eigenvalue weighted by Crippen LogP contribution is 1.84. The number of carboxylic acids is 1. The minimum Gasteiger partial charge on any atom is -0.480 e. The minimum absolute atomic E-state index is 0.265. The molecular weight excluding hydrogens is 240 g/mol.